The first kappa shape index (κ1) is 15.8. The number of methoxy groups -OCH3 is 1. The van der Waals surface area contributed by atoms with Gasteiger partial charge in [-0.1, -0.05) is 30.3 Å². The summed E-state index contributed by atoms with van der Waals surface area (Å²) in [5.74, 6) is 2.02. The molecule has 0 spiro atoms. The van der Waals surface area contributed by atoms with Crippen molar-refractivity contribution in [3.63, 3.8) is 0 Å². The fraction of sp³-hybridized carbons (Fsp3) is 0.300. The van der Waals surface area contributed by atoms with Crippen molar-refractivity contribution in [1.82, 2.24) is 15.1 Å². The molecule has 0 aliphatic carbocycles. The average Bonchev–Trinajstić information content (AvgIpc) is 3.33. The van der Waals surface area contributed by atoms with E-state index in [1.54, 1.807) is 7.11 Å². The van der Waals surface area contributed by atoms with Crippen LogP contribution in [0.4, 0.5) is 0 Å². The molecule has 2 aromatic carbocycles. The summed E-state index contributed by atoms with van der Waals surface area (Å²) in [6.45, 7) is 1.74. The van der Waals surface area contributed by atoms with Gasteiger partial charge < -0.3 is 9.15 Å². The summed E-state index contributed by atoms with van der Waals surface area (Å²) >= 11 is 0. The van der Waals surface area contributed by atoms with E-state index in [9.17, 15) is 0 Å². The van der Waals surface area contributed by atoms with Gasteiger partial charge in [-0.25, -0.2) is 0 Å². The van der Waals surface area contributed by atoms with Crippen LogP contribution in [-0.4, -0.2) is 28.8 Å². The number of hydrogen-bond acceptors (Lipinski definition) is 5. The minimum atomic E-state index is 0.428. The molecule has 5 heteroatoms. The number of ether oxygens (including phenoxy) is 1. The van der Waals surface area contributed by atoms with Crippen molar-refractivity contribution >= 4 is 0 Å². The van der Waals surface area contributed by atoms with Crippen molar-refractivity contribution in [1.29, 1.82) is 0 Å². The standard InChI is InChI=1S/C20H21N3O2/c1-24-17-11-9-16(10-12-17)20-22-21-19(25-20)14-23-13-5-8-18(23)15-6-3-2-4-7-15/h2-4,6-7,9-12,18H,5,8,13-14H2,1H3/t18-/m0/s1. The Hall–Kier alpha value is -2.66. The van der Waals surface area contributed by atoms with Crippen LogP contribution in [0.15, 0.2) is 59.0 Å². The zero-order chi connectivity index (χ0) is 17.1. The molecule has 0 N–H and O–H groups in total. The molecule has 128 valence electrons. The van der Waals surface area contributed by atoms with Crippen molar-refractivity contribution in [2.75, 3.05) is 13.7 Å². The van der Waals surface area contributed by atoms with E-state index in [4.69, 9.17) is 9.15 Å². The summed E-state index contributed by atoms with van der Waals surface area (Å²) in [5, 5.41) is 8.43. The maximum Gasteiger partial charge on any atom is 0.247 e. The number of benzene rings is 2. The lowest BCUT2D eigenvalue weighted by molar-refractivity contribution is 0.224. The molecule has 2 heterocycles. The lowest BCUT2D eigenvalue weighted by Gasteiger charge is -2.23. The molecule has 1 aliphatic heterocycles. The lowest BCUT2D eigenvalue weighted by atomic mass is 10.0. The second-order valence-electron chi connectivity index (χ2n) is 6.27. The predicted molar refractivity (Wildman–Crippen MR) is 95.1 cm³/mol. The second kappa shape index (κ2) is 7.07. The van der Waals surface area contributed by atoms with Gasteiger partial charge in [0.15, 0.2) is 0 Å². The van der Waals surface area contributed by atoms with Gasteiger partial charge in [0.1, 0.15) is 5.75 Å². The minimum absolute atomic E-state index is 0.428. The Morgan fingerprint density at radius 3 is 2.64 bits per heavy atom. The first-order valence-electron chi connectivity index (χ1n) is 8.59. The number of hydrogen-bond donors (Lipinski definition) is 0. The Morgan fingerprint density at radius 2 is 1.88 bits per heavy atom. The van der Waals surface area contributed by atoms with Gasteiger partial charge in [-0.3, -0.25) is 4.90 Å². The third-order valence-electron chi connectivity index (χ3n) is 4.69. The lowest BCUT2D eigenvalue weighted by Crippen LogP contribution is -2.22. The van der Waals surface area contributed by atoms with Gasteiger partial charge in [-0.2, -0.15) is 0 Å². The molecule has 0 bridgehead atoms. The van der Waals surface area contributed by atoms with Crippen molar-refractivity contribution in [2.24, 2.45) is 0 Å². The van der Waals surface area contributed by atoms with E-state index >= 15 is 0 Å². The Labute approximate surface area is 147 Å². The van der Waals surface area contributed by atoms with Crippen LogP contribution in [0.25, 0.3) is 11.5 Å². The first-order valence-corrected chi connectivity index (χ1v) is 8.59. The van der Waals surface area contributed by atoms with Crippen LogP contribution in [0.3, 0.4) is 0 Å². The molecule has 5 nitrogen and oxygen atoms in total. The van der Waals surface area contributed by atoms with E-state index in [1.165, 1.54) is 18.4 Å². The highest BCUT2D eigenvalue weighted by Gasteiger charge is 2.27. The van der Waals surface area contributed by atoms with Crippen LogP contribution in [0.5, 0.6) is 5.75 Å². The zero-order valence-electron chi connectivity index (χ0n) is 14.3. The Balaban J connectivity index is 1.48. The van der Waals surface area contributed by atoms with Crippen LogP contribution in [0, 0.1) is 0 Å². The highest BCUT2D eigenvalue weighted by Crippen LogP contribution is 2.33. The molecule has 0 amide bonds. The van der Waals surface area contributed by atoms with Gasteiger partial charge in [-0.05, 0) is 49.2 Å². The normalized spacial score (nSPS) is 17.7. The topological polar surface area (TPSA) is 51.4 Å². The summed E-state index contributed by atoms with van der Waals surface area (Å²) in [6, 6.07) is 18.7. The van der Waals surface area contributed by atoms with Gasteiger partial charge in [0.25, 0.3) is 0 Å². The summed E-state index contributed by atoms with van der Waals surface area (Å²) in [4.78, 5) is 2.42. The molecular weight excluding hydrogens is 314 g/mol. The van der Waals surface area contributed by atoms with Gasteiger partial charge in [-0.15, -0.1) is 10.2 Å². The van der Waals surface area contributed by atoms with Crippen LogP contribution >= 0.6 is 0 Å². The van der Waals surface area contributed by atoms with E-state index in [0.717, 1.165) is 17.9 Å². The van der Waals surface area contributed by atoms with Crippen LogP contribution in [-0.2, 0) is 6.54 Å². The summed E-state index contributed by atoms with van der Waals surface area (Å²) < 4.78 is 11.1. The summed E-state index contributed by atoms with van der Waals surface area (Å²) in [6.07, 6.45) is 2.36. The van der Waals surface area contributed by atoms with Gasteiger partial charge in [0, 0.05) is 11.6 Å². The van der Waals surface area contributed by atoms with Crippen molar-refractivity contribution in [3.05, 3.63) is 66.1 Å². The number of likely N-dealkylation sites (tertiary alicyclic amines) is 1. The van der Waals surface area contributed by atoms with Gasteiger partial charge >= 0.3 is 0 Å². The predicted octanol–water partition coefficient (Wildman–Crippen LogP) is 4.08. The Bertz CT molecular complexity index is 814. The molecule has 3 aromatic rings. The maximum atomic E-state index is 5.88. The smallest absolute Gasteiger partial charge is 0.247 e. The maximum absolute atomic E-state index is 5.88. The summed E-state index contributed by atoms with van der Waals surface area (Å²) in [5.41, 5.74) is 2.26. The third kappa shape index (κ3) is 3.42. The highest BCUT2D eigenvalue weighted by atomic mass is 16.5. The second-order valence-corrected chi connectivity index (χ2v) is 6.27. The van der Waals surface area contributed by atoms with Crippen LogP contribution in [0.2, 0.25) is 0 Å². The SMILES string of the molecule is COc1ccc(-c2nnc(CN3CCC[C@H]3c3ccccc3)o2)cc1. The molecule has 4 rings (SSSR count). The van der Waals surface area contributed by atoms with E-state index in [-0.39, 0.29) is 0 Å². The largest absolute Gasteiger partial charge is 0.497 e. The molecule has 1 fully saturated rings. The van der Waals surface area contributed by atoms with E-state index in [1.807, 2.05) is 24.3 Å². The molecule has 0 radical (unpaired) electrons. The highest BCUT2D eigenvalue weighted by molar-refractivity contribution is 5.53. The molecule has 0 unspecified atom stereocenters. The van der Waals surface area contributed by atoms with Crippen molar-refractivity contribution in [3.8, 4) is 17.2 Å². The van der Waals surface area contributed by atoms with Crippen molar-refractivity contribution < 1.29 is 9.15 Å². The molecule has 1 aromatic heterocycles. The van der Waals surface area contributed by atoms with Gasteiger partial charge in [0.2, 0.25) is 11.8 Å². The van der Waals surface area contributed by atoms with Crippen LogP contribution < -0.4 is 4.74 Å². The average molecular weight is 335 g/mol. The molecule has 1 atom stereocenters. The zero-order valence-corrected chi connectivity index (χ0v) is 14.3. The molecule has 0 saturated carbocycles. The van der Waals surface area contributed by atoms with E-state index in [2.05, 4.69) is 45.4 Å². The minimum Gasteiger partial charge on any atom is -0.497 e. The van der Waals surface area contributed by atoms with E-state index < -0.39 is 0 Å². The molecule has 1 saturated heterocycles. The molecule has 25 heavy (non-hydrogen) atoms. The molecule has 1 aliphatic rings. The van der Waals surface area contributed by atoms with E-state index in [0.29, 0.717) is 24.4 Å². The van der Waals surface area contributed by atoms with Crippen LogP contribution in [0.1, 0.15) is 30.3 Å². The number of aromatic nitrogens is 2. The Kier molecular flexibility index (Phi) is 4.48. The summed E-state index contributed by atoms with van der Waals surface area (Å²) in [7, 11) is 1.65. The number of nitrogens with zero attached hydrogens (tertiary/aromatic N) is 3. The van der Waals surface area contributed by atoms with Crippen molar-refractivity contribution in [2.45, 2.75) is 25.4 Å². The first-order chi connectivity index (χ1) is 12.3. The van der Waals surface area contributed by atoms with Gasteiger partial charge in [0.05, 0.1) is 13.7 Å². The quantitative estimate of drug-likeness (QED) is 0.703. The number of rotatable bonds is 5. The Morgan fingerprint density at radius 1 is 1.08 bits per heavy atom. The third-order valence-corrected chi connectivity index (χ3v) is 4.69. The fourth-order valence-electron chi connectivity index (χ4n) is 3.41. The monoisotopic (exact) mass is 335 g/mol. The molecular formula is C20H21N3O2. The fourth-order valence-corrected chi connectivity index (χ4v) is 3.41.